The van der Waals surface area contributed by atoms with Crippen LogP contribution in [0.25, 0.3) is 0 Å². The van der Waals surface area contributed by atoms with Gasteiger partial charge in [-0.25, -0.2) is 0 Å². The van der Waals surface area contributed by atoms with Crippen molar-refractivity contribution in [1.82, 2.24) is 9.88 Å². The zero-order chi connectivity index (χ0) is 19.3. The minimum absolute atomic E-state index is 0.0136. The smallest absolute Gasteiger partial charge is 0.0535 e. The molecule has 0 amide bonds. The van der Waals surface area contributed by atoms with Crippen LogP contribution < -0.4 is 0 Å². The Bertz CT molecular complexity index is 717. The van der Waals surface area contributed by atoms with Crippen molar-refractivity contribution in [2.75, 3.05) is 26.3 Å². The molecule has 1 aromatic carbocycles. The molecule has 0 radical (unpaired) electrons. The second-order valence-corrected chi connectivity index (χ2v) is 9.11. The van der Waals surface area contributed by atoms with Crippen molar-refractivity contribution >= 4 is 15.9 Å². The van der Waals surface area contributed by atoms with Crippen molar-refractivity contribution in [1.29, 1.82) is 0 Å². The highest BCUT2D eigenvalue weighted by atomic mass is 79.9. The molecule has 1 aliphatic rings. The molecule has 0 aliphatic carbocycles. The monoisotopic (exact) mass is 430 g/mol. The molecule has 3 nitrogen and oxygen atoms in total. The minimum atomic E-state index is 0.0136. The first kappa shape index (κ1) is 20.5. The largest absolute Gasteiger partial charge is 0.381 e. The van der Waals surface area contributed by atoms with Gasteiger partial charge < -0.3 is 4.74 Å². The predicted molar refractivity (Wildman–Crippen MR) is 115 cm³/mol. The van der Waals surface area contributed by atoms with Crippen LogP contribution in [0.1, 0.15) is 44.9 Å². The molecule has 0 unspecified atom stereocenters. The number of ether oxygens (including phenoxy) is 1. The molecular weight excluding hydrogens is 400 g/mol. The van der Waals surface area contributed by atoms with E-state index in [0.29, 0.717) is 0 Å². The molecule has 4 heteroatoms. The first-order chi connectivity index (χ1) is 13.0. The molecule has 2 aromatic rings. The van der Waals surface area contributed by atoms with E-state index in [1.54, 1.807) is 0 Å². The lowest BCUT2D eigenvalue weighted by Crippen LogP contribution is -2.42. The number of likely N-dealkylation sites (tertiary alicyclic amines) is 1. The van der Waals surface area contributed by atoms with E-state index in [1.165, 1.54) is 17.7 Å². The maximum absolute atomic E-state index is 5.94. The number of hydrogen-bond donors (Lipinski definition) is 0. The van der Waals surface area contributed by atoms with Crippen LogP contribution in [0, 0.1) is 5.41 Å². The summed E-state index contributed by atoms with van der Waals surface area (Å²) in [5.41, 5.74) is 2.77. The summed E-state index contributed by atoms with van der Waals surface area (Å²) in [6.07, 6.45) is 5.21. The lowest BCUT2D eigenvalue weighted by Gasteiger charge is -2.38. The second kappa shape index (κ2) is 8.85. The van der Waals surface area contributed by atoms with Gasteiger partial charge in [0.15, 0.2) is 0 Å². The number of nitrogens with zero attached hydrogens (tertiary/aromatic N) is 2. The van der Waals surface area contributed by atoms with Gasteiger partial charge in [0.25, 0.3) is 0 Å². The number of aromatic nitrogens is 1. The van der Waals surface area contributed by atoms with Crippen molar-refractivity contribution < 1.29 is 4.74 Å². The van der Waals surface area contributed by atoms with E-state index in [1.807, 2.05) is 12.3 Å². The van der Waals surface area contributed by atoms with Crippen molar-refractivity contribution in [2.45, 2.75) is 45.6 Å². The maximum atomic E-state index is 5.94. The fraction of sp³-hybridized carbons (Fsp3) is 0.522. The van der Waals surface area contributed by atoms with E-state index in [4.69, 9.17) is 4.74 Å². The average Bonchev–Trinajstić information content (AvgIpc) is 3.12. The predicted octanol–water partition coefficient (Wildman–Crippen LogP) is 5.44. The van der Waals surface area contributed by atoms with E-state index in [0.717, 1.165) is 43.6 Å². The molecule has 1 saturated heterocycles. The van der Waals surface area contributed by atoms with Crippen LogP contribution in [0.3, 0.4) is 0 Å². The third-order valence-corrected chi connectivity index (χ3v) is 6.56. The van der Waals surface area contributed by atoms with E-state index >= 15 is 0 Å². The summed E-state index contributed by atoms with van der Waals surface area (Å²) in [4.78, 5) is 7.15. The van der Waals surface area contributed by atoms with Gasteiger partial charge in [-0.05, 0) is 76.4 Å². The molecule has 0 bridgehead atoms. The van der Waals surface area contributed by atoms with Crippen LogP contribution in [0.5, 0.6) is 0 Å². The van der Waals surface area contributed by atoms with Crippen LogP contribution in [0.15, 0.2) is 53.1 Å². The van der Waals surface area contributed by atoms with E-state index in [-0.39, 0.29) is 11.0 Å². The van der Waals surface area contributed by atoms with Gasteiger partial charge in [0.1, 0.15) is 0 Å². The standard InChI is InChI=1S/C23H31BrN2O/c1-4-27-18-23(13-12-21-7-5-6-15-25-21)14-16-26(17-23)22(2,3)19-8-10-20(24)11-9-19/h5-11,15H,4,12-14,16-18H2,1-3H3/t23-/m1/s1. The third-order valence-electron chi connectivity index (χ3n) is 6.03. The molecule has 0 spiro atoms. The highest BCUT2D eigenvalue weighted by Crippen LogP contribution is 2.41. The Hall–Kier alpha value is -1.23. The molecule has 2 heterocycles. The zero-order valence-corrected chi connectivity index (χ0v) is 18.3. The number of hydrogen-bond acceptors (Lipinski definition) is 3. The van der Waals surface area contributed by atoms with Gasteiger partial charge >= 0.3 is 0 Å². The summed E-state index contributed by atoms with van der Waals surface area (Å²) < 4.78 is 7.07. The summed E-state index contributed by atoms with van der Waals surface area (Å²) in [6, 6.07) is 14.9. The van der Waals surface area contributed by atoms with Gasteiger partial charge in [-0.2, -0.15) is 0 Å². The van der Waals surface area contributed by atoms with Gasteiger partial charge in [0.05, 0.1) is 6.61 Å². The molecule has 27 heavy (non-hydrogen) atoms. The Morgan fingerprint density at radius 3 is 2.63 bits per heavy atom. The van der Waals surface area contributed by atoms with Gasteiger partial charge in [-0.3, -0.25) is 9.88 Å². The molecule has 0 saturated carbocycles. The Morgan fingerprint density at radius 2 is 1.96 bits per heavy atom. The van der Waals surface area contributed by atoms with Gasteiger partial charge in [-0.1, -0.05) is 34.1 Å². The summed E-state index contributed by atoms with van der Waals surface area (Å²) in [6.45, 7) is 10.6. The molecule has 1 fully saturated rings. The Morgan fingerprint density at radius 1 is 1.19 bits per heavy atom. The SMILES string of the molecule is CCOC[C@]1(CCc2ccccn2)CCN(C(C)(C)c2ccc(Br)cc2)C1. The summed E-state index contributed by atoms with van der Waals surface area (Å²) >= 11 is 3.55. The molecule has 1 aromatic heterocycles. The molecule has 0 N–H and O–H groups in total. The number of aryl methyl sites for hydroxylation is 1. The highest BCUT2D eigenvalue weighted by Gasteiger charge is 2.43. The zero-order valence-electron chi connectivity index (χ0n) is 16.7. The van der Waals surface area contributed by atoms with Crippen LogP contribution in [-0.4, -0.2) is 36.2 Å². The number of benzene rings is 1. The molecule has 3 rings (SSSR count). The highest BCUT2D eigenvalue weighted by molar-refractivity contribution is 9.10. The topological polar surface area (TPSA) is 25.4 Å². The Balaban J connectivity index is 1.73. The van der Waals surface area contributed by atoms with Gasteiger partial charge in [-0.15, -0.1) is 0 Å². The van der Waals surface area contributed by atoms with Crippen LogP contribution in [-0.2, 0) is 16.7 Å². The average molecular weight is 431 g/mol. The maximum Gasteiger partial charge on any atom is 0.0535 e. The summed E-state index contributed by atoms with van der Waals surface area (Å²) in [5, 5.41) is 0. The number of halogens is 1. The number of pyridine rings is 1. The number of rotatable bonds is 8. The van der Waals surface area contributed by atoms with Crippen molar-refractivity contribution in [3.63, 3.8) is 0 Å². The molecular formula is C23H31BrN2O. The van der Waals surface area contributed by atoms with Crippen molar-refractivity contribution in [2.24, 2.45) is 5.41 Å². The first-order valence-electron chi connectivity index (χ1n) is 9.94. The molecule has 1 atom stereocenters. The van der Waals surface area contributed by atoms with Crippen LogP contribution >= 0.6 is 15.9 Å². The molecule has 146 valence electrons. The van der Waals surface area contributed by atoms with Crippen LogP contribution in [0.2, 0.25) is 0 Å². The quantitative estimate of drug-likeness (QED) is 0.557. The Labute approximate surface area is 172 Å². The normalized spacial score (nSPS) is 20.9. The lowest BCUT2D eigenvalue weighted by atomic mass is 9.82. The fourth-order valence-corrected chi connectivity index (χ4v) is 4.37. The van der Waals surface area contributed by atoms with Crippen molar-refractivity contribution in [3.8, 4) is 0 Å². The lowest BCUT2D eigenvalue weighted by molar-refractivity contribution is 0.0384. The first-order valence-corrected chi connectivity index (χ1v) is 10.7. The third kappa shape index (κ3) is 4.98. The Kier molecular flexibility index (Phi) is 6.72. The fourth-order valence-electron chi connectivity index (χ4n) is 4.10. The summed E-state index contributed by atoms with van der Waals surface area (Å²) in [7, 11) is 0. The van der Waals surface area contributed by atoms with Crippen LogP contribution in [0.4, 0.5) is 0 Å². The van der Waals surface area contributed by atoms with E-state index in [2.05, 4.69) is 83.0 Å². The van der Waals surface area contributed by atoms with E-state index < -0.39 is 0 Å². The van der Waals surface area contributed by atoms with Gasteiger partial charge in [0.2, 0.25) is 0 Å². The van der Waals surface area contributed by atoms with Gasteiger partial charge in [0, 0.05) is 40.5 Å². The summed E-state index contributed by atoms with van der Waals surface area (Å²) in [5.74, 6) is 0. The second-order valence-electron chi connectivity index (χ2n) is 8.20. The van der Waals surface area contributed by atoms with Crippen molar-refractivity contribution in [3.05, 3.63) is 64.4 Å². The minimum Gasteiger partial charge on any atom is -0.381 e. The van der Waals surface area contributed by atoms with E-state index in [9.17, 15) is 0 Å². The molecule has 1 aliphatic heterocycles.